The first-order valence-electron chi connectivity index (χ1n) is 8.40. The van der Waals surface area contributed by atoms with Crippen LogP contribution in [0.15, 0.2) is 41.6 Å². The number of tetrazole rings is 1. The van der Waals surface area contributed by atoms with Gasteiger partial charge in [-0.2, -0.15) is 10.3 Å². The van der Waals surface area contributed by atoms with Crippen molar-refractivity contribution in [3.05, 3.63) is 48.0 Å². The largest absolute Gasteiger partial charge is 0.243 e. The summed E-state index contributed by atoms with van der Waals surface area (Å²) in [6.07, 6.45) is 5.37. The Morgan fingerprint density at radius 3 is 2.96 bits per heavy atom. The zero-order valence-electron chi connectivity index (χ0n) is 14.2. The van der Waals surface area contributed by atoms with E-state index in [-0.39, 0.29) is 16.9 Å². The number of hydrogen-bond donors (Lipinski definition) is 2. The van der Waals surface area contributed by atoms with Gasteiger partial charge in [-0.1, -0.05) is 23.8 Å². The van der Waals surface area contributed by atoms with Gasteiger partial charge in [0.15, 0.2) is 5.82 Å². The van der Waals surface area contributed by atoms with Crippen LogP contribution in [0.5, 0.6) is 0 Å². The van der Waals surface area contributed by atoms with Gasteiger partial charge in [-0.25, -0.2) is 17.8 Å². The van der Waals surface area contributed by atoms with Crippen molar-refractivity contribution in [3.8, 4) is 5.69 Å². The van der Waals surface area contributed by atoms with Crippen LogP contribution in [-0.2, 0) is 10.0 Å². The summed E-state index contributed by atoms with van der Waals surface area (Å²) in [5.41, 5.74) is 1.89. The molecule has 2 N–H and O–H groups in total. The van der Waals surface area contributed by atoms with Gasteiger partial charge in [0, 0.05) is 12.0 Å². The molecule has 2 heterocycles. The van der Waals surface area contributed by atoms with Crippen LogP contribution in [0.25, 0.3) is 5.69 Å². The lowest BCUT2D eigenvalue weighted by atomic mass is 10.0. The highest BCUT2D eigenvalue weighted by atomic mass is 32.2. The monoisotopic (exact) mass is 373 g/mol. The predicted octanol–water partition coefficient (Wildman–Crippen LogP) is 1.31. The van der Waals surface area contributed by atoms with Crippen LogP contribution in [0.1, 0.15) is 36.6 Å². The van der Waals surface area contributed by atoms with E-state index in [1.54, 1.807) is 4.68 Å². The molecular formula is C16H19N7O2S. The molecule has 9 nitrogen and oxygen atoms in total. The topological polar surface area (TPSA) is 118 Å². The average Bonchev–Trinajstić information content (AvgIpc) is 3.35. The van der Waals surface area contributed by atoms with E-state index in [9.17, 15) is 8.42 Å². The molecular weight excluding hydrogens is 354 g/mol. The van der Waals surface area contributed by atoms with Crippen molar-refractivity contribution >= 4 is 10.0 Å². The molecule has 3 aromatic rings. The maximum absolute atomic E-state index is 12.8. The van der Waals surface area contributed by atoms with Gasteiger partial charge in [0.25, 0.3) is 0 Å². The van der Waals surface area contributed by atoms with E-state index in [2.05, 4.69) is 30.4 Å². The second kappa shape index (κ2) is 6.61. The van der Waals surface area contributed by atoms with Crippen molar-refractivity contribution in [2.45, 2.75) is 43.0 Å². The van der Waals surface area contributed by atoms with Crippen molar-refractivity contribution in [2.75, 3.05) is 0 Å². The van der Waals surface area contributed by atoms with Crippen LogP contribution in [0, 0.1) is 6.92 Å². The molecule has 1 saturated carbocycles. The molecule has 0 bridgehead atoms. The lowest BCUT2D eigenvalue weighted by Gasteiger charge is -2.17. The number of nitrogens with one attached hydrogen (secondary N) is 2. The van der Waals surface area contributed by atoms with Crippen molar-refractivity contribution < 1.29 is 8.42 Å². The molecule has 0 amide bonds. The van der Waals surface area contributed by atoms with E-state index in [1.165, 1.54) is 12.4 Å². The van der Waals surface area contributed by atoms with Crippen LogP contribution < -0.4 is 4.72 Å². The van der Waals surface area contributed by atoms with E-state index < -0.39 is 10.0 Å². The number of aromatic nitrogens is 6. The Kier molecular flexibility index (Phi) is 4.29. The molecule has 4 rings (SSSR count). The maximum atomic E-state index is 12.8. The summed E-state index contributed by atoms with van der Waals surface area (Å²) in [6.45, 7) is 1.98. The Morgan fingerprint density at radius 2 is 2.19 bits per heavy atom. The first-order valence-corrected chi connectivity index (χ1v) is 9.89. The number of rotatable bonds is 5. The molecule has 136 valence electrons. The molecule has 2 unspecified atom stereocenters. The summed E-state index contributed by atoms with van der Waals surface area (Å²) in [7, 11) is -3.68. The minimum Gasteiger partial charge on any atom is -0.240 e. The number of hydrogen-bond acceptors (Lipinski definition) is 6. The highest BCUT2D eigenvalue weighted by Crippen LogP contribution is 2.33. The molecule has 0 aliphatic heterocycles. The Bertz CT molecular complexity index is 997. The molecule has 1 aliphatic carbocycles. The van der Waals surface area contributed by atoms with Crippen LogP contribution in [-0.4, -0.2) is 44.9 Å². The Balaban J connectivity index is 1.56. The van der Waals surface area contributed by atoms with Crippen molar-refractivity contribution in [2.24, 2.45) is 0 Å². The van der Waals surface area contributed by atoms with Crippen LogP contribution in [0.3, 0.4) is 0 Å². The SMILES string of the molecule is Cc1cccc(-n2cc(S(=O)(=O)NC3CCCC3c3nn[nH]n3)cn2)c1. The maximum Gasteiger partial charge on any atom is 0.243 e. The predicted molar refractivity (Wildman–Crippen MR) is 93.2 cm³/mol. The quantitative estimate of drug-likeness (QED) is 0.696. The fourth-order valence-electron chi connectivity index (χ4n) is 3.36. The minimum atomic E-state index is -3.68. The minimum absolute atomic E-state index is 0.0738. The van der Waals surface area contributed by atoms with Crippen LogP contribution in [0.2, 0.25) is 0 Å². The second-order valence-electron chi connectivity index (χ2n) is 6.49. The van der Waals surface area contributed by atoms with E-state index in [0.717, 1.165) is 30.5 Å². The van der Waals surface area contributed by atoms with Crippen LogP contribution in [0.4, 0.5) is 0 Å². The highest BCUT2D eigenvalue weighted by Gasteiger charge is 2.35. The molecule has 0 radical (unpaired) electrons. The molecule has 26 heavy (non-hydrogen) atoms. The molecule has 0 spiro atoms. The van der Waals surface area contributed by atoms with Gasteiger partial charge in [-0.3, -0.25) is 0 Å². The van der Waals surface area contributed by atoms with Crippen molar-refractivity contribution in [1.29, 1.82) is 0 Å². The number of H-pyrrole nitrogens is 1. The Hall–Kier alpha value is -2.59. The number of aryl methyl sites for hydroxylation is 1. The number of aromatic amines is 1. The third-order valence-corrected chi connectivity index (χ3v) is 6.10. The number of sulfonamides is 1. The van der Waals surface area contributed by atoms with Crippen molar-refractivity contribution in [1.82, 2.24) is 35.1 Å². The van der Waals surface area contributed by atoms with Gasteiger partial charge >= 0.3 is 0 Å². The molecule has 0 saturated heterocycles. The van der Waals surface area contributed by atoms with Crippen molar-refractivity contribution in [3.63, 3.8) is 0 Å². The smallest absolute Gasteiger partial charge is 0.240 e. The van der Waals surface area contributed by atoms with Gasteiger partial charge in [-0.15, -0.1) is 10.2 Å². The molecule has 2 aromatic heterocycles. The van der Waals surface area contributed by atoms with Gasteiger partial charge in [-0.05, 0) is 37.5 Å². The standard InChI is InChI=1S/C16H19N7O2S/c1-11-4-2-5-12(8-11)23-10-13(9-17-23)26(24,25)20-15-7-3-6-14(15)16-18-21-22-19-16/h2,4-5,8-10,14-15,20H,3,6-7H2,1H3,(H,18,19,21,22). The van der Waals surface area contributed by atoms with E-state index >= 15 is 0 Å². The van der Waals surface area contributed by atoms with Gasteiger partial charge in [0.1, 0.15) is 4.90 Å². The average molecular weight is 373 g/mol. The first kappa shape index (κ1) is 16.9. The van der Waals surface area contributed by atoms with E-state index in [4.69, 9.17) is 0 Å². The molecule has 10 heteroatoms. The highest BCUT2D eigenvalue weighted by molar-refractivity contribution is 7.89. The van der Waals surface area contributed by atoms with Gasteiger partial charge in [0.2, 0.25) is 10.0 Å². The van der Waals surface area contributed by atoms with Crippen LogP contribution >= 0.6 is 0 Å². The summed E-state index contributed by atoms with van der Waals surface area (Å²) < 4.78 is 29.9. The van der Waals surface area contributed by atoms with E-state index in [1.807, 2.05) is 31.2 Å². The number of nitrogens with zero attached hydrogens (tertiary/aromatic N) is 5. The molecule has 1 aromatic carbocycles. The number of benzene rings is 1. The lowest BCUT2D eigenvalue weighted by molar-refractivity contribution is 0.513. The molecule has 2 atom stereocenters. The third kappa shape index (κ3) is 3.25. The Morgan fingerprint density at radius 1 is 1.31 bits per heavy atom. The fourth-order valence-corrected chi connectivity index (χ4v) is 4.60. The summed E-state index contributed by atoms with van der Waals surface area (Å²) >= 11 is 0. The zero-order chi connectivity index (χ0) is 18.1. The summed E-state index contributed by atoms with van der Waals surface area (Å²) in [4.78, 5) is 0.137. The lowest BCUT2D eigenvalue weighted by Crippen LogP contribution is -2.36. The fraction of sp³-hybridized carbons (Fsp3) is 0.375. The first-order chi connectivity index (χ1) is 12.5. The van der Waals surface area contributed by atoms with Gasteiger partial charge < -0.3 is 0 Å². The van der Waals surface area contributed by atoms with Gasteiger partial charge in [0.05, 0.1) is 18.1 Å². The molecule has 1 fully saturated rings. The third-order valence-electron chi connectivity index (χ3n) is 4.65. The van der Waals surface area contributed by atoms with E-state index in [0.29, 0.717) is 5.82 Å². The summed E-state index contributed by atoms with van der Waals surface area (Å²) in [5.74, 6) is 0.473. The second-order valence-corrected chi connectivity index (χ2v) is 8.21. The summed E-state index contributed by atoms with van der Waals surface area (Å²) in [5, 5.41) is 18.2. The summed E-state index contributed by atoms with van der Waals surface area (Å²) in [6, 6.07) is 7.46. The normalized spacial score (nSPS) is 20.5. The molecule has 1 aliphatic rings. The zero-order valence-corrected chi connectivity index (χ0v) is 15.0. The Labute approximate surface area is 150 Å².